The molecule has 4 aromatic rings. The first-order chi connectivity index (χ1) is 20.4. The van der Waals surface area contributed by atoms with Crippen molar-refractivity contribution < 1.29 is 19.1 Å². The first kappa shape index (κ1) is 26.9. The zero-order chi connectivity index (χ0) is 29.2. The summed E-state index contributed by atoms with van der Waals surface area (Å²) in [6, 6.07) is 26.1. The SMILES string of the molecule is COc1ccc(C(=O)C2C(C(=O)c3ccc(Br)cc3)C3(C(=O)Nc4ccccc43)C3c4ccccc4C=CN23)cc1Br. The first-order valence-corrected chi connectivity index (χ1v) is 15.1. The largest absolute Gasteiger partial charge is 0.496 e. The van der Waals surface area contributed by atoms with E-state index in [9.17, 15) is 14.4 Å². The van der Waals surface area contributed by atoms with Gasteiger partial charge in [0, 0.05) is 27.5 Å². The van der Waals surface area contributed by atoms with E-state index >= 15 is 0 Å². The molecule has 1 N–H and O–H groups in total. The quantitative estimate of drug-likeness (QED) is 0.225. The van der Waals surface area contributed by atoms with Crippen LogP contribution < -0.4 is 10.1 Å². The monoisotopic (exact) mass is 682 g/mol. The molecule has 7 rings (SSSR count). The molecule has 1 saturated heterocycles. The summed E-state index contributed by atoms with van der Waals surface area (Å²) in [7, 11) is 1.56. The number of hydrogen-bond acceptors (Lipinski definition) is 5. The molecule has 0 aliphatic carbocycles. The Labute approximate surface area is 259 Å². The van der Waals surface area contributed by atoms with E-state index < -0.39 is 23.4 Å². The number of Topliss-reactive ketones (excluding diaryl/α,β-unsaturated/α-hetero) is 2. The van der Waals surface area contributed by atoms with Crippen LogP contribution in [0.25, 0.3) is 6.08 Å². The summed E-state index contributed by atoms with van der Waals surface area (Å²) in [6.45, 7) is 0. The molecule has 4 aromatic carbocycles. The van der Waals surface area contributed by atoms with Gasteiger partial charge in [0.2, 0.25) is 5.91 Å². The Hall–Kier alpha value is -4.01. The van der Waals surface area contributed by atoms with Gasteiger partial charge in [0.15, 0.2) is 11.6 Å². The van der Waals surface area contributed by atoms with Crippen molar-refractivity contribution in [3.63, 3.8) is 0 Å². The molecule has 1 spiro atoms. The number of amides is 1. The van der Waals surface area contributed by atoms with Crippen molar-refractivity contribution in [3.05, 3.63) is 134 Å². The molecule has 3 aliphatic heterocycles. The van der Waals surface area contributed by atoms with Crippen molar-refractivity contribution in [2.24, 2.45) is 5.92 Å². The minimum absolute atomic E-state index is 0.253. The molecule has 6 nitrogen and oxygen atoms in total. The molecule has 4 unspecified atom stereocenters. The third-order valence-electron chi connectivity index (χ3n) is 8.69. The minimum Gasteiger partial charge on any atom is -0.496 e. The number of nitrogens with zero attached hydrogens (tertiary/aromatic N) is 1. The Morgan fingerprint density at radius 2 is 1.60 bits per heavy atom. The summed E-state index contributed by atoms with van der Waals surface area (Å²) in [5, 5.41) is 3.08. The lowest BCUT2D eigenvalue weighted by molar-refractivity contribution is -0.122. The van der Waals surface area contributed by atoms with Gasteiger partial charge in [-0.05, 0) is 75.1 Å². The fraction of sp³-hybridized carbons (Fsp3) is 0.147. The third-order valence-corrected chi connectivity index (χ3v) is 9.83. The van der Waals surface area contributed by atoms with Crippen LogP contribution in [-0.2, 0) is 10.2 Å². The number of halogens is 2. The fourth-order valence-electron chi connectivity index (χ4n) is 6.95. The van der Waals surface area contributed by atoms with Crippen LogP contribution in [0.2, 0.25) is 0 Å². The van der Waals surface area contributed by atoms with Gasteiger partial charge < -0.3 is 15.0 Å². The van der Waals surface area contributed by atoms with Gasteiger partial charge >= 0.3 is 0 Å². The summed E-state index contributed by atoms with van der Waals surface area (Å²) >= 11 is 6.97. The van der Waals surface area contributed by atoms with E-state index in [1.165, 1.54) is 0 Å². The molecule has 3 heterocycles. The second-order valence-electron chi connectivity index (χ2n) is 10.7. The van der Waals surface area contributed by atoms with Crippen LogP contribution in [0.5, 0.6) is 5.75 Å². The molecule has 0 radical (unpaired) electrons. The number of carbonyl (C=O) groups is 3. The number of methoxy groups -OCH3 is 1. The van der Waals surface area contributed by atoms with E-state index in [1.54, 1.807) is 49.6 Å². The van der Waals surface area contributed by atoms with E-state index in [2.05, 4.69) is 37.2 Å². The third kappa shape index (κ3) is 3.78. The highest BCUT2D eigenvalue weighted by atomic mass is 79.9. The normalized spacial score (nSPS) is 23.3. The summed E-state index contributed by atoms with van der Waals surface area (Å²) < 4.78 is 6.85. The van der Waals surface area contributed by atoms with Crippen molar-refractivity contribution in [3.8, 4) is 5.75 Å². The Kier molecular flexibility index (Phi) is 6.44. The highest BCUT2D eigenvalue weighted by Gasteiger charge is 2.70. The number of ether oxygens (including phenoxy) is 1. The van der Waals surface area contributed by atoms with Crippen LogP contribution in [0.1, 0.15) is 43.4 Å². The Morgan fingerprint density at radius 3 is 2.36 bits per heavy atom. The Morgan fingerprint density at radius 1 is 0.881 bits per heavy atom. The predicted octanol–water partition coefficient (Wildman–Crippen LogP) is 7.20. The summed E-state index contributed by atoms with van der Waals surface area (Å²) in [5.41, 5.74) is 2.70. The molecular formula is C34H24Br2N2O4. The molecule has 1 fully saturated rings. The highest BCUT2D eigenvalue weighted by Crippen LogP contribution is 2.62. The zero-order valence-electron chi connectivity index (χ0n) is 22.4. The number of rotatable bonds is 5. The van der Waals surface area contributed by atoms with E-state index in [1.807, 2.05) is 65.7 Å². The molecule has 0 bridgehead atoms. The van der Waals surface area contributed by atoms with Crippen molar-refractivity contribution in [2.75, 3.05) is 12.4 Å². The van der Waals surface area contributed by atoms with Gasteiger partial charge in [-0.15, -0.1) is 0 Å². The average molecular weight is 684 g/mol. The average Bonchev–Trinajstić information content (AvgIpc) is 3.49. The maximum atomic E-state index is 14.8. The summed E-state index contributed by atoms with van der Waals surface area (Å²) in [4.78, 5) is 46.0. The second-order valence-corrected chi connectivity index (χ2v) is 12.4. The lowest BCUT2D eigenvalue weighted by Gasteiger charge is -2.38. The van der Waals surface area contributed by atoms with E-state index in [0.29, 0.717) is 27.0 Å². The minimum atomic E-state index is -1.37. The molecule has 1 amide bonds. The smallest absolute Gasteiger partial charge is 0.238 e. The summed E-state index contributed by atoms with van der Waals surface area (Å²) in [6.07, 6.45) is 3.83. The van der Waals surface area contributed by atoms with Crippen LogP contribution >= 0.6 is 31.9 Å². The maximum Gasteiger partial charge on any atom is 0.238 e. The molecule has 3 aliphatic rings. The van der Waals surface area contributed by atoms with Crippen LogP contribution in [0.15, 0.2) is 106 Å². The van der Waals surface area contributed by atoms with Crippen LogP contribution in [-0.4, -0.2) is 35.5 Å². The number of benzene rings is 4. The molecule has 4 atom stereocenters. The number of carbonyl (C=O) groups excluding carboxylic acids is 3. The standard InChI is InChI=1S/C34H24Br2N2O4/c1-42-27-15-12-21(18-25(27)36)31(40)29-28(30(39)20-10-13-22(35)14-11-20)34(24-8-4-5-9-26(24)37-33(34)41)32-23-7-3-2-6-19(23)16-17-38(29)32/h2-18,28-29,32H,1H3,(H,37,41). The van der Waals surface area contributed by atoms with Crippen LogP contribution in [0, 0.1) is 5.92 Å². The highest BCUT2D eigenvalue weighted by molar-refractivity contribution is 9.10. The lowest BCUT2D eigenvalue weighted by atomic mass is 9.62. The maximum absolute atomic E-state index is 14.8. The van der Waals surface area contributed by atoms with Crippen molar-refractivity contribution >= 4 is 61.1 Å². The number of anilines is 1. The number of nitrogens with one attached hydrogen (secondary N) is 1. The van der Waals surface area contributed by atoms with Gasteiger partial charge in [0.1, 0.15) is 17.2 Å². The lowest BCUT2D eigenvalue weighted by Crippen LogP contribution is -2.49. The molecular weight excluding hydrogens is 660 g/mol. The summed E-state index contributed by atoms with van der Waals surface area (Å²) in [5.74, 6) is -1.25. The van der Waals surface area contributed by atoms with Crippen molar-refractivity contribution in [1.29, 1.82) is 0 Å². The molecule has 8 heteroatoms. The topological polar surface area (TPSA) is 75.7 Å². The van der Waals surface area contributed by atoms with E-state index in [4.69, 9.17) is 4.74 Å². The van der Waals surface area contributed by atoms with Gasteiger partial charge in [-0.1, -0.05) is 70.5 Å². The first-order valence-electron chi connectivity index (χ1n) is 13.5. The van der Waals surface area contributed by atoms with Crippen LogP contribution in [0.4, 0.5) is 5.69 Å². The second kappa shape index (κ2) is 10.1. The molecule has 0 aromatic heterocycles. The number of hydrogen-bond donors (Lipinski definition) is 1. The Bertz CT molecular complexity index is 1820. The van der Waals surface area contributed by atoms with Gasteiger partial charge in [0.25, 0.3) is 0 Å². The number of ketones is 2. The van der Waals surface area contributed by atoms with Crippen molar-refractivity contribution in [1.82, 2.24) is 4.90 Å². The fourth-order valence-corrected chi connectivity index (χ4v) is 7.76. The van der Waals surface area contributed by atoms with Gasteiger partial charge in [0.05, 0.1) is 23.5 Å². The molecule has 208 valence electrons. The van der Waals surface area contributed by atoms with Gasteiger partial charge in [-0.3, -0.25) is 14.4 Å². The predicted molar refractivity (Wildman–Crippen MR) is 168 cm³/mol. The number of para-hydroxylation sites is 1. The molecule has 42 heavy (non-hydrogen) atoms. The van der Waals surface area contributed by atoms with E-state index in [0.717, 1.165) is 21.2 Å². The van der Waals surface area contributed by atoms with Gasteiger partial charge in [-0.25, -0.2) is 0 Å². The van der Waals surface area contributed by atoms with E-state index in [-0.39, 0.29) is 17.5 Å². The number of fused-ring (bicyclic) bond motifs is 6. The van der Waals surface area contributed by atoms with Crippen LogP contribution in [0.3, 0.4) is 0 Å². The molecule has 0 saturated carbocycles. The van der Waals surface area contributed by atoms with Gasteiger partial charge in [-0.2, -0.15) is 0 Å². The zero-order valence-corrected chi connectivity index (χ0v) is 25.6. The van der Waals surface area contributed by atoms with Crippen molar-refractivity contribution in [2.45, 2.75) is 17.5 Å². The Balaban J connectivity index is 1.52.